The number of hydrogen-bond donors (Lipinski definition) is 4. The third-order valence-corrected chi connectivity index (χ3v) is 23.2. The van der Waals surface area contributed by atoms with Gasteiger partial charge in [0.05, 0.1) is 25.0 Å². The number of nitrogens with zero attached hydrogens (tertiary/aromatic N) is 6. The Bertz CT molecular complexity index is 4300. The van der Waals surface area contributed by atoms with Crippen LogP contribution in [0, 0.1) is 13.8 Å². The SMILES string of the molecule is CS(=O)(=O)N1CCC(c2cc(-c3ccccc3)cc3[nH]ccc23)CC1.CS(=O)(=O)N1CCN(c2cc(-c3ccccc3)cc3[nH]ccc23)CC1.Cc1cc(C2CCN(S(C)(=O)=O)CC2)c2cc[nH]c2c1.Cc1cc(N2CCN(S(C)(=O)=O)CC2)c2cc[nH]c2c1. The molecule has 0 radical (unpaired) electrons. The van der Waals surface area contributed by atoms with Gasteiger partial charge < -0.3 is 29.7 Å². The number of sulfonamides is 4. The van der Waals surface area contributed by atoms with E-state index in [1.807, 2.05) is 49.1 Å². The summed E-state index contributed by atoms with van der Waals surface area (Å²) in [6.45, 7) is 11.7. The van der Waals surface area contributed by atoms with Crippen LogP contribution >= 0.6 is 0 Å². The number of aryl methyl sites for hydroxylation is 2. The first-order valence-electron chi connectivity index (χ1n) is 30.7. The molecule has 0 atom stereocenters. The summed E-state index contributed by atoms with van der Waals surface area (Å²) in [4.78, 5) is 17.7. The van der Waals surface area contributed by atoms with Crippen molar-refractivity contribution in [2.75, 3.05) is 113 Å². The van der Waals surface area contributed by atoms with Crippen LogP contribution in [0.2, 0.25) is 0 Å². The van der Waals surface area contributed by atoms with Crippen LogP contribution in [-0.4, -0.2) is 174 Å². The highest BCUT2D eigenvalue weighted by molar-refractivity contribution is 7.89. The van der Waals surface area contributed by atoms with Gasteiger partial charge in [-0.1, -0.05) is 72.8 Å². The van der Waals surface area contributed by atoms with Gasteiger partial charge in [-0.3, -0.25) is 0 Å². The second-order valence-corrected chi connectivity index (χ2v) is 32.3. The number of H-pyrrole nitrogens is 4. The number of aromatic amines is 4. The maximum absolute atomic E-state index is 11.8. The predicted molar refractivity (Wildman–Crippen MR) is 368 cm³/mol. The topological polar surface area (TPSA) is 219 Å². The van der Waals surface area contributed by atoms with E-state index in [4.69, 9.17) is 0 Å². The number of anilines is 2. The summed E-state index contributed by atoms with van der Waals surface area (Å²) in [5, 5.41) is 4.89. The molecule has 4 aliphatic rings. The highest BCUT2D eigenvalue weighted by Crippen LogP contribution is 2.39. The van der Waals surface area contributed by atoms with Crippen LogP contribution in [0.5, 0.6) is 0 Å². The molecule has 0 amide bonds. The van der Waals surface area contributed by atoms with Crippen LogP contribution < -0.4 is 9.80 Å². The molecular formula is C68H82N10O8S4. The maximum atomic E-state index is 11.8. The van der Waals surface area contributed by atoms with Gasteiger partial charge in [-0.2, -0.15) is 8.61 Å². The zero-order valence-electron chi connectivity index (χ0n) is 52.1. The lowest BCUT2D eigenvalue weighted by atomic mass is 9.86. The van der Waals surface area contributed by atoms with E-state index < -0.39 is 40.1 Å². The number of rotatable bonds is 10. The number of benzene rings is 6. The van der Waals surface area contributed by atoms with Gasteiger partial charge in [-0.25, -0.2) is 42.3 Å². The molecule has 0 bridgehead atoms. The Labute approximate surface area is 530 Å². The van der Waals surface area contributed by atoms with E-state index >= 15 is 0 Å². The summed E-state index contributed by atoms with van der Waals surface area (Å²) in [5.41, 5.74) is 16.8. The molecular weight excluding hydrogens is 1210 g/mol. The van der Waals surface area contributed by atoms with Gasteiger partial charge in [0.1, 0.15) is 0 Å². The van der Waals surface area contributed by atoms with Gasteiger partial charge in [-0.15, -0.1) is 0 Å². The van der Waals surface area contributed by atoms with Gasteiger partial charge in [-0.05, 0) is 157 Å². The van der Waals surface area contributed by atoms with Gasteiger partial charge in [0.25, 0.3) is 0 Å². The Morgan fingerprint density at radius 3 is 1.03 bits per heavy atom. The van der Waals surface area contributed by atoms with Crippen molar-refractivity contribution < 1.29 is 33.7 Å². The highest BCUT2D eigenvalue weighted by Gasteiger charge is 2.30. The van der Waals surface area contributed by atoms with Crippen LogP contribution in [0.1, 0.15) is 59.8 Å². The molecule has 0 aliphatic carbocycles. The molecule has 4 N–H and O–H groups in total. The molecule has 4 saturated heterocycles. The number of nitrogens with one attached hydrogen (secondary N) is 4. The molecule has 18 nitrogen and oxygen atoms in total. The number of aromatic nitrogens is 4. The molecule has 14 rings (SSSR count). The predicted octanol–water partition coefficient (Wildman–Crippen LogP) is 11.1. The molecule has 8 heterocycles. The highest BCUT2D eigenvalue weighted by atomic mass is 32.2. The first kappa shape index (κ1) is 64.3. The Morgan fingerprint density at radius 1 is 0.322 bits per heavy atom. The first-order valence-corrected chi connectivity index (χ1v) is 38.1. The van der Waals surface area contributed by atoms with Crippen LogP contribution in [0.15, 0.2) is 158 Å². The van der Waals surface area contributed by atoms with Crippen molar-refractivity contribution in [3.63, 3.8) is 0 Å². The van der Waals surface area contributed by atoms with Crippen LogP contribution in [0.25, 0.3) is 65.9 Å². The molecule has 0 spiro atoms. The van der Waals surface area contributed by atoms with E-state index in [0.29, 0.717) is 77.3 Å². The van der Waals surface area contributed by atoms with Crippen molar-refractivity contribution in [3.05, 3.63) is 181 Å². The molecule has 4 fully saturated rings. The minimum atomic E-state index is -3.11. The molecule has 6 aromatic carbocycles. The Morgan fingerprint density at radius 2 is 0.633 bits per heavy atom. The third kappa shape index (κ3) is 15.0. The standard InChI is InChI=1S/C20H22N2O2S.C19H21N3O2S.C15H20N2O2S.C14H19N3O2S/c1-25(23,24)22-11-8-16(9-12-22)19-13-17(15-5-3-2-4-6-15)14-20-18(19)7-10-21-20;1-25(23,24)22-11-9-21(10-12-22)19-14-16(15-5-3-2-4-6-15)13-18-17(19)7-8-20-18;1-11-9-14(13-3-6-16-15(13)10-11)12-4-7-17(8-5-12)20(2,18)19;1-11-9-13-12(3-4-15-13)14(10-11)16-5-7-17(8-6-16)20(2,18)19/h2-7,10,13-14,16,21H,8-9,11-12H2,1H3;2-8,13-14,20H,9-12H2,1H3;3,6,9-10,12,16H,4-5,7-8H2,1-2H3;3-4,9-10,15H,5-8H2,1-2H3. The van der Waals surface area contributed by atoms with Crippen LogP contribution in [0.3, 0.4) is 0 Å². The maximum Gasteiger partial charge on any atom is 0.211 e. The molecule has 0 unspecified atom stereocenters. The van der Waals surface area contributed by atoms with E-state index in [-0.39, 0.29) is 0 Å². The lowest BCUT2D eigenvalue weighted by Gasteiger charge is -2.35. The van der Waals surface area contributed by atoms with Crippen LogP contribution in [-0.2, 0) is 40.1 Å². The fourth-order valence-electron chi connectivity index (χ4n) is 13.3. The van der Waals surface area contributed by atoms with Crippen molar-refractivity contribution in [2.24, 2.45) is 0 Å². The normalized spacial score (nSPS) is 17.4. The molecule has 0 saturated carbocycles. The van der Waals surface area contributed by atoms with Crippen molar-refractivity contribution in [2.45, 2.75) is 51.4 Å². The number of piperidine rings is 2. The second kappa shape index (κ2) is 26.9. The van der Waals surface area contributed by atoms with Gasteiger partial charge in [0.2, 0.25) is 40.1 Å². The number of piperazine rings is 2. The Balaban J connectivity index is 0.000000124. The fourth-order valence-corrected chi connectivity index (χ4v) is 16.7. The fraction of sp³-hybridized carbons (Fsp3) is 0.353. The summed E-state index contributed by atoms with van der Waals surface area (Å²) < 4.78 is 99.6. The monoisotopic (exact) mass is 1290 g/mol. The van der Waals surface area contributed by atoms with Crippen molar-refractivity contribution in [1.82, 2.24) is 37.2 Å². The first-order chi connectivity index (χ1) is 42.9. The molecule has 476 valence electrons. The van der Waals surface area contributed by atoms with E-state index in [1.165, 1.54) is 96.7 Å². The van der Waals surface area contributed by atoms with Gasteiger partial charge in [0.15, 0.2) is 0 Å². The van der Waals surface area contributed by atoms with Crippen molar-refractivity contribution in [3.8, 4) is 22.3 Å². The van der Waals surface area contributed by atoms with Crippen molar-refractivity contribution in [1.29, 1.82) is 0 Å². The van der Waals surface area contributed by atoms with E-state index in [0.717, 1.165) is 66.6 Å². The summed E-state index contributed by atoms with van der Waals surface area (Å²) in [7, 11) is -12.3. The lowest BCUT2D eigenvalue weighted by molar-refractivity contribution is 0.322. The zero-order valence-corrected chi connectivity index (χ0v) is 55.3. The Kier molecular flexibility index (Phi) is 19.2. The third-order valence-electron chi connectivity index (χ3n) is 18.0. The number of hydrogen-bond acceptors (Lipinski definition) is 10. The second-order valence-electron chi connectivity index (χ2n) is 24.4. The Hall–Kier alpha value is -7.28. The minimum absolute atomic E-state index is 0.389. The summed E-state index contributed by atoms with van der Waals surface area (Å²) >= 11 is 0. The lowest BCUT2D eigenvalue weighted by Crippen LogP contribution is -2.48. The molecule has 90 heavy (non-hydrogen) atoms. The molecule has 4 aromatic heterocycles. The summed E-state index contributed by atoms with van der Waals surface area (Å²) in [6, 6.07) is 46.7. The van der Waals surface area contributed by atoms with E-state index in [1.54, 1.807) is 17.2 Å². The van der Waals surface area contributed by atoms with E-state index in [9.17, 15) is 33.7 Å². The smallest absolute Gasteiger partial charge is 0.211 e. The van der Waals surface area contributed by atoms with Crippen LogP contribution in [0.4, 0.5) is 11.4 Å². The molecule has 10 aromatic rings. The quantitative estimate of drug-likeness (QED) is 0.101. The van der Waals surface area contributed by atoms with Gasteiger partial charge >= 0.3 is 0 Å². The average molecular weight is 1300 g/mol. The van der Waals surface area contributed by atoms with Gasteiger partial charge in [0, 0.05) is 158 Å². The molecule has 22 heteroatoms. The minimum Gasteiger partial charge on any atom is -0.368 e. The van der Waals surface area contributed by atoms with E-state index in [2.05, 4.69) is 153 Å². The number of fused-ring (bicyclic) bond motifs is 4. The summed E-state index contributed by atoms with van der Waals surface area (Å²) in [5.74, 6) is 0.839. The molecule has 4 aliphatic heterocycles. The largest absolute Gasteiger partial charge is 0.368 e. The summed E-state index contributed by atoms with van der Waals surface area (Å²) in [6.07, 6.45) is 16.5. The van der Waals surface area contributed by atoms with Crippen molar-refractivity contribution >= 4 is 95.1 Å². The average Bonchev–Trinajstić information content (AvgIpc) is 2.23. The zero-order chi connectivity index (χ0) is 63.5.